The normalized spacial score (nSPS) is 12.0. The Morgan fingerprint density at radius 3 is 2.16 bits per heavy atom. The van der Waals surface area contributed by atoms with Crippen LogP contribution in [-0.4, -0.2) is 29.2 Å². The van der Waals surface area contributed by atoms with Gasteiger partial charge in [0, 0.05) is 18.0 Å². The maximum atomic E-state index is 13.1. The van der Waals surface area contributed by atoms with Crippen molar-refractivity contribution in [3.63, 3.8) is 0 Å². The predicted octanol–water partition coefficient (Wildman–Crippen LogP) is 3.10. The Morgan fingerprint density at radius 1 is 1.00 bits per heavy atom. The molecule has 0 heterocycles. The topological polar surface area (TPSA) is 64.6 Å². The van der Waals surface area contributed by atoms with Gasteiger partial charge >= 0.3 is 0 Å². The van der Waals surface area contributed by atoms with Gasteiger partial charge in [-0.05, 0) is 29.8 Å². The van der Waals surface area contributed by atoms with Gasteiger partial charge in [0.1, 0.15) is 5.82 Å². The maximum absolute atomic E-state index is 13.1. The first-order valence-electron chi connectivity index (χ1n) is 7.67. The van der Waals surface area contributed by atoms with Crippen molar-refractivity contribution < 1.29 is 22.3 Å². The first kappa shape index (κ1) is 19.2. The smallest absolute Gasteiger partial charge is 0.240 e. The second-order valence-electron chi connectivity index (χ2n) is 6.23. The Hall–Kier alpha value is -2.12. The van der Waals surface area contributed by atoms with Crippen molar-refractivity contribution >= 4 is 10.0 Å². The summed E-state index contributed by atoms with van der Waals surface area (Å²) in [6.07, 6.45) is 0. The fraction of sp³-hybridized carbons (Fsp3) is 0.333. The summed E-state index contributed by atoms with van der Waals surface area (Å²) in [5.74, 6) is 0.460. The molecule has 0 saturated heterocycles. The van der Waals surface area contributed by atoms with E-state index in [9.17, 15) is 12.8 Å². The number of hydrogen-bond donors (Lipinski definition) is 1. The minimum absolute atomic E-state index is 0.0834. The Kier molecular flexibility index (Phi) is 5.69. The van der Waals surface area contributed by atoms with Crippen LogP contribution in [0.3, 0.4) is 0 Å². The molecule has 0 aliphatic carbocycles. The van der Waals surface area contributed by atoms with E-state index in [1.165, 1.54) is 38.5 Å². The van der Waals surface area contributed by atoms with Gasteiger partial charge in [-0.25, -0.2) is 17.5 Å². The molecule has 5 nitrogen and oxygen atoms in total. The third-order valence-electron chi connectivity index (χ3n) is 4.00. The predicted molar refractivity (Wildman–Crippen MR) is 94.2 cm³/mol. The number of halogens is 1. The van der Waals surface area contributed by atoms with Crippen LogP contribution in [0.25, 0.3) is 0 Å². The molecule has 2 aromatic carbocycles. The number of sulfonamides is 1. The van der Waals surface area contributed by atoms with Crippen LogP contribution in [0.1, 0.15) is 19.4 Å². The molecule has 0 aliphatic rings. The average Bonchev–Trinajstić information content (AvgIpc) is 2.60. The van der Waals surface area contributed by atoms with E-state index in [0.717, 1.165) is 5.56 Å². The molecule has 0 amide bonds. The molecule has 0 aromatic heterocycles. The number of methoxy groups -OCH3 is 2. The van der Waals surface area contributed by atoms with E-state index in [2.05, 4.69) is 4.72 Å². The molecule has 7 heteroatoms. The molecule has 0 fully saturated rings. The van der Waals surface area contributed by atoms with Crippen molar-refractivity contribution in [1.29, 1.82) is 0 Å². The van der Waals surface area contributed by atoms with Crippen LogP contribution in [-0.2, 0) is 15.4 Å². The van der Waals surface area contributed by atoms with E-state index in [1.54, 1.807) is 18.2 Å². The fourth-order valence-electron chi connectivity index (χ4n) is 2.35. The highest BCUT2D eigenvalue weighted by Crippen LogP contribution is 2.30. The monoisotopic (exact) mass is 367 g/mol. The van der Waals surface area contributed by atoms with Crippen molar-refractivity contribution in [2.24, 2.45) is 0 Å². The summed E-state index contributed by atoms with van der Waals surface area (Å²) in [4.78, 5) is 0.0834. The van der Waals surface area contributed by atoms with Gasteiger partial charge in [-0.15, -0.1) is 0 Å². The fourth-order valence-corrected chi connectivity index (χ4v) is 3.57. The Morgan fingerprint density at radius 2 is 1.60 bits per heavy atom. The van der Waals surface area contributed by atoms with Crippen molar-refractivity contribution in [3.05, 3.63) is 53.8 Å². The minimum Gasteiger partial charge on any atom is -0.493 e. The second-order valence-corrected chi connectivity index (χ2v) is 8.00. The summed E-state index contributed by atoms with van der Waals surface area (Å²) < 4.78 is 51.1. The molecule has 1 N–H and O–H groups in total. The molecule has 0 unspecified atom stereocenters. The SMILES string of the molecule is COc1ccc(S(=O)(=O)NCC(C)(C)c2ccc(F)cc2)cc1OC. The third-order valence-corrected chi connectivity index (χ3v) is 5.39. The molecule has 136 valence electrons. The molecule has 0 aliphatic heterocycles. The number of rotatable bonds is 7. The van der Waals surface area contributed by atoms with E-state index in [4.69, 9.17) is 9.47 Å². The van der Waals surface area contributed by atoms with Crippen LogP contribution >= 0.6 is 0 Å². The quantitative estimate of drug-likeness (QED) is 0.817. The van der Waals surface area contributed by atoms with Gasteiger partial charge in [0.25, 0.3) is 0 Å². The van der Waals surface area contributed by atoms with Crippen molar-refractivity contribution in [2.45, 2.75) is 24.2 Å². The molecule has 0 atom stereocenters. The van der Waals surface area contributed by atoms with Gasteiger partial charge in [-0.1, -0.05) is 26.0 Å². The Labute approximate surface area is 147 Å². The van der Waals surface area contributed by atoms with E-state index in [1.807, 2.05) is 13.8 Å². The maximum Gasteiger partial charge on any atom is 0.240 e. The van der Waals surface area contributed by atoms with Crippen LogP contribution < -0.4 is 14.2 Å². The van der Waals surface area contributed by atoms with Crippen molar-refractivity contribution in [2.75, 3.05) is 20.8 Å². The number of ether oxygens (including phenoxy) is 2. The van der Waals surface area contributed by atoms with Crippen LogP contribution in [0, 0.1) is 5.82 Å². The van der Waals surface area contributed by atoms with E-state index >= 15 is 0 Å². The van der Waals surface area contributed by atoms with Gasteiger partial charge < -0.3 is 9.47 Å². The lowest BCUT2D eigenvalue weighted by atomic mass is 9.85. The molecule has 0 spiro atoms. The van der Waals surface area contributed by atoms with Gasteiger partial charge in [-0.3, -0.25) is 0 Å². The van der Waals surface area contributed by atoms with Gasteiger partial charge in [-0.2, -0.15) is 0 Å². The number of nitrogens with one attached hydrogen (secondary N) is 1. The molecule has 0 bridgehead atoms. The summed E-state index contributed by atoms with van der Waals surface area (Å²) in [5.41, 5.74) is 0.334. The molecule has 0 saturated carbocycles. The largest absolute Gasteiger partial charge is 0.493 e. The van der Waals surface area contributed by atoms with Gasteiger partial charge in [0.2, 0.25) is 10.0 Å². The van der Waals surface area contributed by atoms with Gasteiger partial charge in [0.05, 0.1) is 19.1 Å². The van der Waals surface area contributed by atoms with Crippen LogP contribution in [0.2, 0.25) is 0 Å². The zero-order valence-electron chi connectivity index (χ0n) is 14.7. The zero-order valence-corrected chi connectivity index (χ0v) is 15.5. The first-order chi connectivity index (χ1) is 11.7. The average molecular weight is 367 g/mol. The van der Waals surface area contributed by atoms with Gasteiger partial charge in [0.15, 0.2) is 11.5 Å². The molecule has 25 heavy (non-hydrogen) atoms. The summed E-state index contributed by atoms with van der Waals surface area (Å²) in [6.45, 7) is 3.93. The summed E-state index contributed by atoms with van der Waals surface area (Å²) >= 11 is 0. The number of hydrogen-bond acceptors (Lipinski definition) is 4. The molecule has 2 rings (SSSR count). The van der Waals surface area contributed by atoms with Crippen LogP contribution in [0.15, 0.2) is 47.4 Å². The second kappa shape index (κ2) is 7.41. The molecule has 0 radical (unpaired) electrons. The van der Waals surface area contributed by atoms with Crippen molar-refractivity contribution in [1.82, 2.24) is 4.72 Å². The molecular weight excluding hydrogens is 345 g/mol. The highest BCUT2D eigenvalue weighted by Gasteiger charge is 2.25. The summed E-state index contributed by atoms with van der Waals surface area (Å²) in [6, 6.07) is 10.4. The number of benzene rings is 2. The van der Waals surface area contributed by atoms with Crippen LogP contribution in [0.5, 0.6) is 11.5 Å². The summed E-state index contributed by atoms with van der Waals surface area (Å²) in [5, 5.41) is 0. The standard InChI is InChI=1S/C18H22FNO4S/c1-18(2,13-5-7-14(19)8-6-13)12-20-25(21,22)15-9-10-16(23-3)17(11-15)24-4/h5-11,20H,12H2,1-4H3. The van der Waals surface area contributed by atoms with E-state index in [-0.39, 0.29) is 17.3 Å². The lowest BCUT2D eigenvalue weighted by molar-refractivity contribution is 0.354. The van der Waals surface area contributed by atoms with Crippen LogP contribution in [0.4, 0.5) is 4.39 Å². The lowest BCUT2D eigenvalue weighted by Gasteiger charge is -2.25. The molecule has 2 aromatic rings. The Balaban J connectivity index is 2.19. The van der Waals surface area contributed by atoms with Crippen molar-refractivity contribution in [3.8, 4) is 11.5 Å². The highest BCUT2D eigenvalue weighted by molar-refractivity contribution is 7.89. The third kappa shape index (κ3) is 4.49. The Bertz CT molecular complexity index is 833. The highest BCUT2D eigenvalue weighted by atomic mass is 32.2. The summed E-state index contributed by atoms with van der Waals surface area (Å²) in [7, 11) is -0.801. The lowest BCUT2D eigenvalue weighted by Crippen LogP contribution is -2.36. The zero-order chi connectivity index (χ0) is 18.7. The molecular formula is C18H22FNO4S. The first-order valence-corrected chi connectivity index (χ1v) is 9.15. The minimum atomic E-state index is -3.73. The van der Waals surface area contributed by atoms with E-state index < -0.39 is 15.4 Å². The van der Waals surface area contributed by atoms with E-state index in [0.29, 0.717) is 11.5 Å².